The number of hydrogen-bond donors (Lipinski definition) is 0. The minimum Gasteiger partial charge on any atom is -0.432 e. The molecule has 0 saturated heterocycles. The molecular formula is C33H44O12. The summed E-state index contributed by atoms with van der Waals surface area (Å²) in [5.74, 6) is -1.71. The third kappa shape index (κ3) is 15.9. The first-order chi connectivity index (χ1) is 21.6. The van der Waals surface area contributed by atoms with E-state index in [1.807, 2.05) is 24.3 Å². The van der Waals surface area contributed by atoms with E-state index >= 15 is 0 Å². The fraction of sp³-hybridized carbons (Fsp3) is 0.515. The van der Waals surface area contributed by atoms with E-state index in [2.05, 4.69) is 43.5 Å². The highest BCUT2D eigenvalue weighted by Gasteiger charge is 2.25. The Morgan fingerprint density at radius 1 is 0.533 bits per heavy atom. The lowest BCUT2D eigenvalue weighted by molar-refractivity contribution is -0.453. The molecule has 0 N–H and O–H groups in total. The van der Waals surface area contributed by atoms with E-state index in [4.69, 9.17) is 9.47 Å². The van der Waals surface area contributed by atoms with Crippen molar-refractivity contribution in [2.24, 2.45) is 5.41 Å². The smallest absolute Gasteiger partial charge is 0.432 e. The summed E-state index contributed by atoms with van der Waals surface area (Å²) in [7, 11) is 0. The van der Waals surface area contributed by atoms with E-state index in [0.29, 0.717) is 0 Å². The normalized spacial score (nSPS) is 10.9. The van der Waals surface area contributed by atoms with E-state index in [1.54, 1.807) is 38.1 Å². The Morgan fingerprint density at radius 3 is 1.27 bits per heavy atom. The van der Waals surface area contributed by atoms with Crippen LogP contribution >= 0.6 is 0 Å². The Kier molecular flexibility index (Phi) is 17.1. The third-order valence-electron chi connectivity index (χ3n) is 6.60. The molecule has 0 amide bonds. The topological polar surface area (TPSA) is 142 Å². The summed E-state index contributed by atoms with van der Waals surface area (Å²) in [6.45, 7) is 6.97. The number of ether oxygens (including phenoxy) is 2. The summed E-state index contributed by atoms with van der Waals surface area (Å²) in [6.07, 6.45) is 8.42. The van der Waals surface area contributed by atoms with Gasteiger partial charge in [0.25, 0.3) is 0 Å². The Bertz CT molecular complexity index is 1080. The molecule has 0 aliphatic rings. The number of hydrogen-bond acceptors (Lipinski definition) is 12. The molecular weight excluding hydrogens is 588 g/mol. The van der Waals surface area contributed by atoms with Crippen LogP contribution in [0.4, 0.5) is 9.59 Å². The molecule has 2 aromatic carbocycles. The fourth-order valence-corrected chi connectivity index (χ4v) is 3.97. The lowest BCUT2D eigenvalue weighted by Gasteiger charge is -2.22. The molecule has 0 fully saturated rings. The van der Waals surface area contributed by atoms with Gasteiger partial charge in [-0.05, 0) is 61.1 Å². The van der Waals surface area contributed by atoms with Crippen molar-refractivity contribution < 1.29 is 58.3 Å². The van der Waals surface area contributed by atoms with Gasteiger partial charge in [-0.3, -0.25) is 9.78 Å². The highest BCUT2D eigenvalue weighted by Crippen LogP contribution is 2.17. The molecule has 2 aromatic rings. The highest BCUT2D eigenvalue weighted by atomic mass is 17.5. The van der Waals surface area contributed by atoms with Crippen molar-refractivity contribution >= 4 is 24.2 Å². The molecule has 12 heteroatoms. The van der Waals surface area contributed by atoms with E-state index in [9.17, 15) is 19.2 Å². The summed E-state index contributed by atoms with van der Waals surface area (Å²) in [6, 6.07) is 13.7. The lowest BCUT2D eigenvalue weighted by atomic mass is 9.96. The third-order valence-corrected chi connectivity index (χ3v) is 6.60. The van der Waals surface area contributed by atoms with Crippen LogP contribution in [0.3, 0.4) is 0 Å². The van der Waals surface area contributed by atoms with Gasteiger partial charge in [0.15, 0.2) is 0 Å². The zero-order chi connectivity index (χ0) is 32.9. The summed E-state index contributed by atoms with van der Waals surface area (Å²) in [4.78, 5) is 65.3. The molecule has 0 aliphatic carbocycles. The van der Waals surface area contributed by atoms with Crippen LogP contribution in [0.5, 0.6) is 0 Å². The van der Waals surface area contributed by atoms with Crippen molar-refractivity contribution in [2.45, 2.75) is 91.9 Å². The second kappa shape index (κ2) is 20.7. The van der Waals surface area contributed by atoms with E-state index in [1.165, 1.54) is 12.8 Å². The van der Waals surface area contributed by atoms with Crippen LogP contribution in [-0.4, -0.2) is 37.5 Å². The molecule has 45 heavy (non-hydrogen) atoms. The van der Waals surface area contributed by atoms with Gasteiger partial charge in [-0.25, -0.2) is 29.0 Å². The van der Waals surface area contributed by atoms with Gasteiger partial charge in [-0.2, -0.15) is 0 Å². The van der Waals surface area contributed by atoms with Crippen LogP contribution in [0, 0.1) is 5.41 Å². The molecule has 248 valence electrons. The van der Waals surface area contributed by atoms with Crippen LogP contribution in [0.1, 0.15) is 111 Å². The van der Waals surface area contributed by atoms with Crippen molar-refractivity contribution in [3.8, 4) is 0 Å². The van der Waals surface area contributed by atoms with Crippen molar-refractivity contribution in [2.75, 3.05) is 13.2 Å². The SMILES string of the molecule is CCCCCCc1ccc(C(=O)OOOC(=O)OCC(C)(C)COC(=O)OOOC(=O)c2ccc(CCCCCC)cc2)cc1. The summed E-state index contributed by atoms with van der Waals surface area (Å²) >= 11 is 0. The first kappa shape index (κ1) is 37.0. The molecule has 0 aliphatic heterocycles. The molecule has 0 unspecified atom stereocenters. The Hall–Kier alpha value is -4.16. The lowest BCUT2D eigenvalue weighted by Crippen LogP contribution is -2.29. The zero-order valence-electron chi connectivity index (χ0n) is 26.5. The average Bonchev–Trinajstić information content (AvgIpc) is 3.04. The summed E-state index contributed by atoms with van der Waals surface area (Å²) in [5.41, 5.74) is 1.74. The summed E-state index contributed by atoms with van der Waals surface area (Å²) in [5, 5.41) is 8.47. The average molecular weight is 633 g/mol. The number of aryl methyl sites for hydroxylation is 2. The maximum Gasteiger partial charge on any atom is 0.543 e. The van der Waals surface area contributed by atoms with Crippen LogP contribution in [0.2, 0.25) is 0 Å². The molecule has 2 rings (SSSR count). The Balaban J connectivity index is 1.58. The maximum atomic E-state index is 12.1. The quantitative estimate of drug-likeness (QED) is 0.0604. The zero-order valence-corrected chi connectivity index (χ0v) is 26.5. The van der Waals surface area contributed by atoms with Gasteiger partial charge >= 0.3 is 24.2 Å². The molecule has 12 nitrogen and oxygen atoms in total. The van der Waals surface area contributed by atoms with Gasteiger partial charge < -0.3 is 9.47 Å². The second-order valence-corrected chi connectivity index (χ2v) is 11.3. The molecule has 0 atom stereocenters. The van der Waals surface area contributed by atoms with Gasteiger partial charge in [0.2, 0.25) is 0 Å². The molecule has 0 bridgehead atoms. The van der Waals surface area contributed by atoms with E-state index in [0.717, 1.165) is 62.5 Å². The highest BCUT2D eigenvalue weighted by molar-refractivity contribution is 5.89. The number of carbonyl (C=O) groups excluding carboxylic acids is 4. The Morgan fingerprint density at radius 2 is 0.911 bits per heavy atom. The van der Waals surface area contributed by atoms with Gasteiger partial charge in [0.05, 0.1) is 21.2 Å². The number of rotatable bonds is 20. The van der Waals surface area contributed by atoms with Crippen molar-refractivity contribution in [1.29, 1.82) is 0 Å². The standard InChI is InChI=1S/C33H44O12/c1-5-7-9-11-13-25-15-19-27(20-16-25)29(34)40-44-42-31(36)38-23-33(3,4)24-39-32(37)43-45-41-30(35)28-21-17-26(18-22-28)14-12-10-8-6-2/h15-22H,5-14,23-24H2,1-4H3. The first-order valence-electron chi connectivity index (χ1n) is 15.3. The van der Waals surface area contributed by atoms with Crippen LogP contribution in [0.25, 0.3) is 0 Å². The minimum absolute atomic E-state index is 0.218. The monoisotopic (exact) mass is 632 g/mol. The van der Waals surface area contributed by atoms with Crippen molar-refractivity contribution in [3.63, 3.8) is 0 Å². The van der Waals surface area contributed by atoms with Crippen molar-refractivity contribution in [3.05, 3.63) is 70.8 Å². The van der Waals surface area contributed by atoms with Crippen molar-refractivity contribution in [1.82, 2.24) is 0 Å². The fourth-order valence-electron chi connectivity index (χ4n) is 3.97. The summed E-state index contributed by atoms with van der Waals surface area (Å²) < 4.78 is 9.78. The predicted molar refractivity (Wildman–Crippen MR) is 160 cm³/mol. The van der Waals surface area contributed by atoms with Gasteiger partial charge in [0, 0.05) is 5.41 Å². The van der Waals surface area contributed by atoms with Crippen LogP contribution < -0.4 is 0 Å². The Labute approximate surface area is 263 Å². The van der Waals surface area contributed by atoms with Crippen LogP contribution in [-0.2, 0) is 51.9 Å². The molecule has 0 radical (unpaired) electrons. The predicted octanol–water partition coefficient (Wildman–Crippen LogP) is 7.97. The van der Waals surface area contributed by atoms with Crippen LogP contribution in [0.15, 0.2) is 48.5 Å². The molecule has 0 saturated carbocycles. The maximum absolute atomic E-state index is 12.1. The largest absolute Gasteiger partial charge is 0.543 e. The van der Waals surface area contributed by atoms with E-state index in [-0.39, 0.29) is 24.3 Å². The van der Waals surface area contributed by atoms with Gasteiger partial charge in [-0.1, -0.05) is 90.5 Å². The molecule has 0 heterocycles. The minimum atomic E-state index is -1.29. The molecule has 0 spiro atoms. The van der Waals surface area contributed by atoms with Gasteiger partial charge in [0.1, 0.15) is 13.2 Å². The number of unbranched alkanes of at least 4 members (excludes halogenated alkanes) is 6. The first-order valence-corrected chi connectivity index (χ1v) is 15.3. The number of benzene rings is 2. The van der Waals surface area contributed by atoms with Gasteiger partial charge in [-0.15, -0.1) is 0 Å². The molecule has 0 aromatic heterocycles. The second-order valence-electron chi connectivity index (χ2n) is 11.3. The van der Waals surface area contributed by atoms with E-state index < -0.39 is 29.7 Å². The number of carbonyl (C=O) groups is 4.